The van der Waals surface area contributed by atoms with Crippen molar-refractivity contribution in [2.24, 2.45) is 5.73 Å². The van der Waals surface area contributed by atoms with Gasteiger partial charge in [0.15, 0.2) is 5.82 Å². The summed E-state index contributed by atoms with van der Waals surface area (Å²) in [6.07, 6.45) is 1.94. The first-order valence-corrected chi connectivity index (χ1v) is 10.0. The van der Waals surface area contributed by atoms with Gasteiger partial charge in [-0.05, 0) is 36.2 Å². The van der Waals surface area contributed by atoms with E-state index >= 15 is 0 Å². The number of amides is 2. The van der Waals surface area contributed by atoms with Crippen molar-refractivity contribution in [1.29, 1.82) is 0 Å². The second kappa shape index (κ2) is 9.13. The normalized spacial score (nSPS) is 10.5. The number of nitrogens with two attached hydrogens (primary N) is 1. The zero-order valence-electron chi connectivity index (χ0n) is 17.4. The molecule has 0 aliphatic heterocycles. The maximum absolute atomic E-state index is 12.3. The first kappa shape index (κ1) is 20.8. The molecule has 0 fully saturated rings. The standard InChI is InChI=1S/C24H22N6O2/c1-15-6-5-13-26-23(15)28-24-20(22(25)32)21(29-30-24)17-9-11-18(12-10-17)27-19(31)14-16-7-3-2-4-8-16/h2-13H,14H2,1H3,(H2,25,32)(H,27,31)(H2,26,28,29,30). The zero-order valence-corrected chi connectivity index (χ0v) is 17.4. The summed E-state index contributed by atoms with van der Waals surface area (Å²) >= 11 is 0. The van der Waals surface area contributed by atoms with Crippen molar-refractivity contribution in [2.75, 3.05) is 10.6 Å². The van der Waals surface area contributed by atoms with Gasteiger partial charge in [0.1, 0.15) is 11.4 Å². The van der Waals surface area contributed by atoms with Crippen LogP contribution in [0.15, 0.2) is 72.9 Å². The molecule has 0 saturated carbocycles. The van der Waals surface area contributed by atoms with Crippen molar-refractivity contribution in [1.82, 2.24) is 15.2 Å². The predicted molar refractivity (Wildman–Crippen MR) is 124 cm³/mol. The van der Waals surface area contributed by atoms with E-state index in [9.17, 15) is 9.59 Å². The molecule has 0 bridgehead atoms. The van der Waals surface area contributed by atoms with Crippen molar-refractivity contribution in [3.05, 3.63) is 89.6 Å². The molecule has 8 heteroatoms. The number of hydrogen-bond donors (Lipinski definition) is 4. The lowest BCUT2D eigenvalue weighted by molar-refractivity contribution is -0.115. The summed E-state index contributed by atoms with van der Waals surface area (Å²) in [5, 5.41) is 13.0. The van der Waals surface area contributed by atoms with Crippen LogP contribution in [-0.4, -0.2) is 27.0 Å². The molecule has 0 radical (unpaired) electrons. The molecule has 0 aliphatic carbocycles. The third-order valence-corrected chi connectivity index (χ3v) is 4.92. The van der Waals surface area contributed by atoms with E-state index in [4.69, 9.17) is 5.73 Å². The molecule has 0 aliphatic rings. The Balaban J connectivity index is 1.52. The maximum Gasteiger partial charge on any atom is 0.254 e. The van der Waals surface area contributed by atoms with Gasteiger partial charge in [-0.1, -0.05) is 48.5 Å². The Morgan fingerprint density at radius 3 is 2.41 bits per heavy atom. The number of H-pyrrole nitrogens is 1. The van der Waals surface area contributed by atoms with Crippen molar-refractivity contribution in [2.45, 2.75) is 13.3 Å². The molecule has 2 amide bonds. The molecule has 5 N–H and O–H groups in total. The SMILES string of the molecule is Cc1cccnc1Nc1n[nH]c(-c2ccc(NC(=O)Cc3ccccc3)cc2)c1C(N)=O. The molecule has 32 heavy (non-hydrogen) atoms. The summed E-state index contributed by atoms with van der Waals surface area (Å²) in [4.78, 5) is 28.7. The Bertz CT molecular complexity index is 1250. The summed E-state index contributed by atoms with van der Waals surface area (Å²) in [5.74, 6) is 0.157. The molecule has 2 aromatic carbocycles. The fourth-order valence-corrected chi connectivity index (χ4v) is 3.32. The molecule has 0 unspecified atom stereocenters. The van der Waals surface area contributed by atoms with Gasteiger partial charge < -0.3 is 16.4 Å². The smallest absolute Gasteiger partial charge is 0.254 e. The number of rotatable bonds is 7. The lowest BCUT2D eigenvalue weighted by Gasteiger charge is -2.08. The van der Waals surface area contributed by atoms with Crippen molar-refractivity contribution in [3.8, 4) is 11.3 Å². The van der Waals surface area contributed by atoms with Crippen LogP contribution in [0.5, 0.6) is 0 Å². The minimum absolute atomic E-state index is 0.111. The molecular formula is C24H22N6O2. The van der Waals surface area contributed by atoms with Gasteiger partial charge in [-0.2, -0.15) is 5.10 Å². The molecule has 0 spiro atoms. The van der Waals surface area contributed by atoms with Gasteiger partial charge in [0.25, 0.3) is 5.91 Å². The zero-order chi connectivity index (χ0) is 22.5. The quantitative estimate of drug-likeness (QED) is 0.358. The van der Waals surface area contributed by atoms with Crippen LogP contribution in [0.2, 0.25) is 0 Å². The van der Waals surface area contributed by atoms with E-state index in [0.29, 0.717) is 28.6 Å². The van der Waals surface area contributed by atoms with Gasteiger partial charge in [-0.25, -0.2) is 4.98 Å². The van der Waals surface area contributed by atoms with Crippen molar-refractivity contribution >= 4 is 29.1 Å². The number of pyridine rings is 1. The van der Waals surface area contributed by atoms with E-state index in [0.717, 1.165) is 11.1 Å². The summed E-state index contributed by atoms with van der Waals surface area (Å²) in [6, 6.07) is 20.3. The van der Waals surface area contributed by atoms with Crippen LogP contribution >= 0.6 is 0 Å². The van der Waals surface area contributed by atoms with Crippen LogP contribution in [0.4, 0.5) is 17.3 Å². The van der Waals surface area contributed by atoms with E-state index < -0.39 is 5.91 Å². The van der Waals surface area contributed by atoms with Gasteiger partial charge in [0, 0.05) is 17.4 Å². The Labute approximate surface area is 184 Å². The van der Waals surface area contributed by atoms with Gasteiger partial charge in [0.2, 0.25) is 5.91 Å². The summed E-state index contributed by atoms with van der Waals surface area (Å²) in [7, 11) is 0. The minimum Gasteiger partial charge on any atom is -0.365 e. The molecule has 8 nitrogen and oxygen atoms in total. The number of nitrogens with zero attached hydrogens (tertiary/aromatic N) is 2. The Kier molecular flexibility index (Phi) is 5.94. The highest BCUT2D eigenvalue weighted by molar-refractivity contribution is 6.04. The van der Waals surface area contributed by atoms with Crippen LogP contribution < -0.4 is 16.4 Å². The van der Waals surface area contributed by atoms with Crippen LogP contribution in [0.3, 0.4) is 0 Å². The maximum atomic E-state index is 12.3. The lowest BCUT2D eigenvalue weighted by Crippen LogP contribution is -2.14. The number of aromatic amines is 1. The third-order valence-electron chi connectivity index (χ3n) is 4.92. The van der Waals surface area contributed by atoms with Gasteiger partial charge in [-0.15, -0.1) is 0 Å². The van der Waals surface area contributed by atoms with Crippen molar-refractivity contribution in [3.63, 3.8) is 0 Å². The minimum atomic E-state index is -0.620. The van der Waals surface area contributed by atoms with Crippen LogP contribution in [-0.2, 0) is 11.2 Å². The predicted octanol–water partition coefficient (Wildman–Crippen LogP) is 3.80. The van der Waals surface area contributed by atoms with Gasteiger partial charge in [-0.3, -0.25) is 14.7 Å². The second-order valence-corrected chi connectivity index (χ2v) is 7.27. The first-order valence-electron chi connectivity index (χ1n) is 10.0. The number of benzene rings is 2. The molecule has 0 saturated heterocycles. The largest absolute Gasteiger partial charge is 0.365 e. The molecule has 4 aromatic rings. The van der Waals surface area contributed by atoms with Crippen LogP contribution in [0, 0.1) is 6.92 Å². The summed E-state index contributed by atoms with van der Waals surface area (Å²) in [6.45, 7) is 1.90. The topological polar surface area (TPSA) is 126 Å². The number of nitrogens with one attached hydrogen (secondary N) is 3. The van der Waals surface area contributed by atoms with Gasteiger partial charge in [0.05, 0.1) is 12.1 Å². The molecule has 2 aromatic heterocycles. The van der Waals surface area contributed by atoms with Crippen LogP contribution in [0.25, 0.3) is 11.3 Å². The number of aryl methyl sites for hydroxylation is 1. The summed E-state index contributed by atoms with van der Waals surface area (Å²) in [5.41, 5.74) is 9.56. The fourth-order valence-electron chi connectivity index (χ4n) is 3.32. The number of aromatic nitrogens is 3. The highest BCUT2D eigenvalue weighted by Gasteiger charge is 2.20. The summed E-state index contributed by atoms with van der Waals surface area (Å²) < 4.78 is 0. The second-order valence-electron chi connectivity index (χ2n) is 7.27. The third kappa shape index (κ3) is 4.65. The highest BCUT2D eigenvalue weighted by Crippen LogP contribution is 2.29. The Morgan fingerprint density at radius 1 is 0.969 bits per heavy atom. The number of hydrogen-bond acceptors (Lipinski definition) is 5. The molecule has 2 heterocycles. The van der Waals surface area contributed by atoms with Crippen LogP contribution in [0.1, 0.15) is 21.5 Å². The van der Waals surface area contributed by atoms with E-state index in [1.165, 1.54) is 0 Å². The molecule has 160 valence electrons. The average Bonchev–Trinajstić information content (AvgIpc) is 3.20. The molecule has 4 rings (SSSR count). The van der Waals surface area contributed by atoms with Gasteiger partial charge >= 0.3 is 0 Å². The van der Waals surface area contributed by atoms with E-state index in [1.54, 1.807) is 30.5 Å². The Morgan fingerprint density at radius 2 is 1.72 bits per heavy atom. The molecular weight excluding hydrogens is 404 g/mol. The monoisotopic (exact) mass is 426 g/mol. The molecule has 0 atom stereocenters. The average molecular weight is 426 g/mol. The lowest BCUT2D eigenvalue weighted by atomic mass is 10.1. The van der Waals surface area contributed by atoms with E-state index in [2.05, 4.69) is 25.8 Å². The first-order chi connectivity index (χ1) is 15.5. The number of carbonyl (C=O) groups is 2. The highest BCUT2D eigenvalue weighted by atomic mass is 16.2. The number of primary amides is 1. The Hall–Kier alpha value is -4.46. The van der Waals surface area contributed by atoms with E-state index in [-0.39, 0.29) is 17.9 Å². The van der Waals surface area contributed by atoms with Crippen molar-refractivity contribution < 1.29 is 9.59 Å². The number of carbonyl (C=O) groups excluding carboxylic acids is 2. The van der Waals surface area contributed by atoms with E-state index in [1.807, 2.05) is 49.4 Å². The number of anilines is 3. The fraction of sp³-hybridized carbons (Fsp3) is 0.0833.